The largest absolute Gasteiger partial charge is 0.365 e. The minimum Gasteiger partial charge on any atom is -0.365 e. The predicted octanol–water partition coefficient (Wildman–Crippen LogP) is 0.614. The van der Waals surface area contributed by atoms with Crippen LogP contribution in [-0.2, 0) is 9.53 Å². The third-order valence-electron chi connectivity index (χ3n) is 0.879. The van der Waals surface area contributed by atoms with Crippen molar-refractivity contribution in [1.29, 1.82) is 0 Å². The Balaban J connectivity index is 3.17. The van der Waals surface area contributed by atoms with Gasteiger partial charge in [-0.15, -0.1) is 6.42 Å². The molecule has 9 heavy (non-hydrogen) atoms. The molecule has 0 aromatic rings. The Hall–Kier alpha value is -0.810. The number of carbonyl (C=O) groups is 1. The smallest absolute Gasteiger partial charge is 0.122 e. The standard InChI is InChI=1S/C7H10O2/c1-3-6-9-7(2)4-5-8/h1,5,7H,4,6H2,2H3. The first-order valence-electron chi connectivity index (χ1n) is 2.80. The summed E-state index contributed by atoms with van der Waals surface area (Å²) in [5.41, 5.74) is 0. The molecule has 0 spiro atoms. The van der Waals surface area contributed by atoms with Gasteiger partial charge in [-0.1, -0.05) is 5.92 Å². The molecule has 1 unspecified atom stereocenters. The van der Waals surface area contributed by atoms with Crippen LogP contribution in [0.1, 0.15) is 13.3 Å². The maximum atomic E-state index is 9.85. The second-order valence-corrected chi connectivity index (χ2v) is 1.73. The van der Waals surface area contributed by atoms with Crippen LogP contribution in [0.3, 0.4) is 0 Å². The molecule has 0 aromatic heterocycles. The molecule has 0 aliphatic carbocycles. The molecule has 0 aliphatic heterocycles. The Kier molecular flexibility index (Phi) is 4.85. The van der Waals surface area contributed by atoms with E-state index >= 15 is 0 Å². The Morgan fingerprint density at radius 2 is 2.56 bits per heavy atom. The lowest BCUT2D eigenvalue weighted by atomic mass is 10.3. The molecule has 0 aromatic carbocycles. The topological polar surface area (TPSA) is 26.3 Å². The van der Waals surface area contributed by atoms with Gasteiger partial charge in [0.25, 0.3) is 0 Å². The van der Waals surface area contributed by atoms with Gasteiger partial charge in [-0.2, -0.15) is 0 Å². The fraction of sp³-hybridized carbons (Fsp3) is 0.571. The zero-order valence-corrected chi connectivity index (χ0v) is 5.46. The van der Waals surface area contributed by atoms with Crippen molar-refractivity contribution < 1.29 is 9.53 Å². The summed E-state index contributed by atoms with van der Waals surface area (Å²) in [6.07, 6.45) is 6.11. The van der Waals surface area contributed by atoms with Crippen LogP contribution in [0.2, 0.25) is 0 Å². The van der Waals surface area contributed by atoms with E-state index < -0.39 is 0 Å². The number of aldehydes is 1. The van der Waals surface area contributed by atoms with Gasteiger partial charge in [0.1, 0.15) is 12.9 Å². The normalized spacial score (nSPS) is 12.0. The van der Waals surface area contributed by atoms with E-state index in [9.17, 15) is 4.79 Å². The van der Waals surface area contributed by atoms with Crippen LogP contribution < -0.4 is 0 Å². The second kappa shape index (κ2) is 5.33. The van der Waals surface area contributed by atoms with Crippen molar-refractivity contribution in [2.24, 2.45) is 0 Å². The first-order chi connectivity index (χ1) is 4.31. The molecule has 2 nitrogen and oxygen atoms in total. The van der Waals surface area contributed by atoms with Crippen LogP contribution in [-0.4, -0.2) is 19.0 Å². The van der Waals surface area contributed by atoms with Crippen molar-refractivity contribution in [3.63, 3.8) is 0 Å². The van der Waals surface area contributed by atoms with Crippen molar-refractivity contribution in [2.45, 2.75) is 19.4 Å². The number of terminal acetylenes is 1. The molecule has 0 amide bonds. The zero-order chi connectivity index (χ0) is 7.11. The Morgan fingerprint density at radius 1 is 1.89 bits per heavy atom. The Morgan fingerprint density at radius 3 is 3.00 bits per heavy atom. The molecule has 0 rings (SSSR count). The summed E-state index contributed by atoms with van der Waals surface area (Å²) < 4.78 is 4.96. The number of hydrogen-bond acceptors (Lipinski definition) is 2. The first kappa shape index (κ1) is 8.19. The van der Waals surface area contributed by atoms with E-state index in [1.807, 2.05) is 6.92 Å². The van der Waals surface area contributed by atoms with Gasteiger partial charge >= 0.3 is 0 Å². The van der Waals surface area contributed by atoms with Crippen molar-refractivity contribution in [3.05, 3.63) is 0 Å². The molecule has 2 heteroatoms. The lowest BCUT2D eigenvalue weighted by Crippen LogP contribution is -2.08. The van der Waals surface area contributed by atoms with Crippen molar-refractivity contribution in [1.82, 2.24) is 0 Å². The van der Waals surface area contributed by atoms with Crippen molar-refractivity contribution >= 4 is 6.29 Å². The van der Waals surface area contributed by atoms with E-state index in [0.717, 1.165) is 6.29 Å². The fourth-order valence-corrected chi connectivity index (χ4v) is 0.394. The number of ether oxygens (including phenoxy) is 1. The quantitative estimate of drug-likeness (QED) is 0.407. The lowest BCUT2D eigenvalue weighted by Gasteiger charge is -2.04. The summed E-state index contributed by atoms with van der Waals surface area (Å²) in [5.74, 6) is 2.32. The third kappa shape index (κ3) is 5.05. The van der Waals surface area contributed by atoms with Gasteiger partial charge < -0.3 is 9.53 Å². The van der Waals surface area contributed by atoms with Crippen LogP contribution in [0, 0.1) is 12.3 Å². The molecule has 0 bridgehead atoms. The average Bonchev–Trinajstić information content (AvgIpc) is 1.85. The highest BCUT2D eigenvalue weighted by atomic mass is 16.5. The Bertz CT molecular complexity index is 113. The van der Waals surface area contributed by atoms with E-state index in [-0.39, 0.29) is 12.7 Å². The molecule has 0 fully saturated rings. The molecular weight excluding hydrogens is 116 g/mol. The third-order valence-corrected chi connectivity index (χ3v) is 0.879. The van der Waals surface area contributed by atoms with Gasteiger partial charge in [0.05, 0.1) is 6.10 Å². The van der Waals surface area contributed by atoms with Gasteiger partial charge in [-0.05, 0) is 6.92 Å². The van der Waals surface area contributed by atoms with Gasteiger partial charge in [0.2, 0.25) is 0 Å². The van der Waals surface area contributed by atoms with Gasteiger partial charge in [-0.3, -0.25) is 0 Å². The molecule has 0 saturated carbocycles. The summed E-state index contributed by atoms with van der Waals surface area (Å²) in [6.45, 7) is 2.10. The minimum absolute atomic E-state index is 0.0430. The molecule has 0 aliphatic rings. The number of carbonyl (C=O) groups excluding carboxylic acids is 1. The summed E-state index contributed by atoms with van der Waals surface area (Å²) in [7, 11) is 0. The van der Waals surface area contributed by atoms with Crippen molar-refractivity contribution in [2.75, 3.05) is 6.61 Å². The molecule has 1 atom stereocenters. The summed E-state index contributed by atoms with van der Waals surface area (Å²) in [4.78, 5) is 9.85. The minimum atomic E-state index is -0.0430. The molecule has 0 radical (unpaired) electrons. The molecule has 0 saturated heterocycles. The van der Waals surface area contributed by atoms with Crippen LogP contribution in [0.15, 0.2) is 0 Å². The Labute approximate surface area is 55.2 Å². The molecule has 50 valence electrons. The highest BCUT2D eigenvalue weighted by Crippen LogP contribution is 1.91. The highest BCUT2D eigenvalue weighted by molar-refractivity contribution is 5.49. The summed E-state index contributed by atoms with van der Waals surface area (Å²) in [5, 5.41) is 0. The van der Waals surface area contributed by atoms with E-state index in [1.165, 1.54) is 0 Å². The van der Waals surface area contributed by atoms with Crippen LogP contribution in [0.25, 0.3) is 0 Å². The fourth-order valence-electron chi connectivity index (χ4n) is 0.394. The summed E-state index contributed by atoms with van der Waals surface area (Å²) in [6, 6.07) is 0. The lowest BCUT2D eigenvalue weighted by molar-refractivity contribution is -0.109. The van der Waals surface area contributed by atoms with Crippen molar-refractivity contribution in [3.8, 4) is 12.3 Å². The van der Waals surface area contributed by atoms with Crippen LogP contribution >= 0.6 is 0 Å². The monoisotopic (exact) mass is 126 g/mol. The SMILES string of the molecule is C#CCOC(C)CC=O. The predicted molar refractivity (Wildman–Crippen MR) is 34.9 cm³/mol. The number of rotatable bonds is 4. The van der Waals surface area contributed by atoms with Crippen LogP contribution in [0.5, 0.6) is 0 Å². The average molecular weight is 126 g/mol. The van der Waals surface area contributed by atoms with E-state index in [4.69, 9.17) is 11.2 Å². The van der Waals surface area contributed by atoms with E-state index in [2.05, 4.69) is 5.92 Å². The number of hydrogen-bond donors (Lipinski definition) is 0. The van der Waals surface area contributed by atoms with Gasteiger partial charge in [0.15, 0.2) is 0 Å². The maximum absolute atomic E-state index is 9.85. The molecular formula is C7H10O2. The highest BCUT2D eigenvalue weighted by Gasteiger charge is 1.96. The van der Waals surface area contributed by atoms with Crippen LogP contribution in [0.4, 0.5) is 0 Å². The maximum Gasteiger partial charge on any atom is 0.122 e. The second-order valence-electron chi connectivity index (χ2n) is 1.73. The van der Waals surface area contributed by atoms with E-state index in [0.29, 0.717) is 6.42 Å². The summed E-state index contributed by atoms with van der Waals surface area (Å²) >= 11 is 0. The zero-order valence-electron chi connectivity index (χ0n) is 5.46. The van der Waals surface area contributed by atoms with Gasteiger partial charge in [0, 0.05) is 6.42 Å². The molecule has 0 N–H and O–H groups in total. The van der Waals surface area contributed by atoms with Gasteiger partial charge in [-0.25, -0.2) is 0 Å². The molecule has 0 heterocycles. The van der Waals surface area contributed by atoms with E-state index in [1.54, 1.807) is 0 Å². The first-order valence-corrected chi connectivity index (χ1v) is 2.80.